The molecule has 3 nitrogen and oxygen atoms in total. The van der Waals surface area contributed by atoms with Gasteiger partial charge in [0.05, 0.1) is 4.90 Å². The summed E-state index contributed by atoms with van der Waals surface area (Å²) in [4.78, 5) is 0.188. The van der Waals surface area contributed by atoms with Crippen molar-refractivity contribution in [3.8, 4) is 0 Å². The second-order valence-corrected chi connectivity index (χ2v) is 3.85. The predicted octanol–water partition coefficient (Wildman–Crippen LogP) is -2.49. The van der Waals surface area contributed by atoms with Gasteiger partial charge in [-0.3, -0.25) is 0 Å². The molecule has 0 atom stereocenters. The molecule has 6 heteroatoms. The van der Waals surface area contributed by atoms with Gasteiger partial charge in [-0.1, -0.05) is 0 Å². The van der Waals surface area contributed by atoms with Gasteiger partial charge in [0, 0.05) is 5.38 Å². The Kier molecular flexibility index (Phi) is 4.08. The van der Waals surface area contributed by atoms with Crippen molar-refractivity contribution in [3.63, 3.8) is 0 Å². The molecule has 52 valence electrons. The largest absolute Gasteiger partial charge is 1.00 e. The Morgan fingerprint density at radius 3 is 2.40 bits per heavy atom. The van der Waals surface area contributed by atoms with E-state index < -0.39 is 10.0 Å². The number of hydrogen-bond acceptors (Lipinski definition) is 3. The van der Waals surface area contributed by atoms with Gasteiger partial charge in [-0.15, -0.1) is 0 Å². The van der Waals surface area contributed by atoms with Crippen LogP contribution >= 0.6 is 11.3 Å². The van der Waals surface area contributed by atoms with E-state index in [4.69, 9.17) is 5.14 Å². The molecule has 10 heavy (non-hydrogen) atoms. The van der Waals surface area contributed by atoms with Crippen LogP contribution in [-0.2, 0) is 10.0 Å². The van der Waals surface area contributed by atoms with Gasteiger partial charge in [-0.25, -0.2) is 13.6 Å². The van der Waals surface area contributed by atoms with E-state index in [2.05, 4.69) is 0 Å². The van der Waals surface area contributed by atoms with E-state index in [0.29, 0.717) is 0 Å². The van der Waals surface area contributed by atoms with Gasteiger partial charge in [0.2, 0.25) is 10.0 Å². The van der Waals surface area contributed by atoms with Gasteiger partial charge in [-0.05, 0) is 11.4 Å². The van der Waals surface area contributed by atoms with E-state index in [0.717, 1.165) is 0 Å². The summed E-state index contributed by atoms with van der Waals surface area (Å²) in [5.41, 5.74) is 0. The van der Waals surface area contributed by atoms with E-state index in [-0.39, 0.29) is 35.9 Å². The normalized spacial score (nSPS) is 10.5. The zero-order valence-corrected chi connectivity index (χ0v) is 9.08. The van der Waals surface area contributed by atoms with Crippen LogP contribution in [0.25, 0.3) is 0 Å². The van der Waals surface area contributed by atoms with E-state index in [1.165, 1.54) is 22.8 Å². The third-order valence-corrected chi connectivity index (χ3v) is 2.57. The number of nitrogens with two attached hydrogens (primary N) is 1. The third-order valence-electron chi connectivity index (χ3n) is 0.824. The monoisotopic (exact) mass is 187 g/mol. The maximum atomic E-state index is 10.5. The molecule has 0 amide bonds. The molecular weight excluding hydrogens is 181 g/mol. The Bertz CT molecular complexity index is 283. The topological polar surface area (TPSA) is 60.2 Å². The average molecular weight is 187 g/mol. The van der Waals surface area contributed by atoms with Gasteiger partial charge in [-0.2, -0.15) is 11.3 Å². The van der Waals surface area contributed by atoms with E-state index >= 15 is 0 Å². The molecule has 0 aliphatic carbocycles. The van der Waals surface area contributed by atoms with Crippen molar-refractivity contribution in [2.24, 2.45) is 5.14 Å². The van der Waals surface area contributed by atoms with Crippen LogP contribution in [-0.4, -0.2) is 8.42 Å². The fourth-order valence-electron chi connectivity index (χ4n) is 0.414. The van der Waals surface area contributed by atoms with Gasteiger partial charge in [0.15, 0.2) is 0 Å². The SMILES string of the molecule is NS(=O)(=O)c1ccsc1.[H-].[Na+]. The molecule has 0 bridgehead atoms. The minimum absolute atomic E-state index is 0. The number of primary sulfonamides is 1. The molecule has 0 aromatic carbocycles. The van der Waals surface area contributed by atoms with Crippen LogP contribution in [0.5, 0.6) is 0 Å². The van der Waals surface area contributed by atoms with E-state index in [1.807, 2.05) is 0 Å². The van der Waals surface area contributed by atoms with Gasteiger partial charge in [0.25, 0.3) is 0 Å². The fraction of sp³-hybridized carbons (Fsp3) is 0. The van der Waals surface area contributed by atoms with Gasteiger partial charge >= 0.3 is 29.6 Å². The molecule has 0 spiro atoms. The molecule has 0 aliphatic heterocycles. The Balaban J connectivity index is 0. The standard InChI is InChI=1S/C4H5NO2S2.Na.H/c5-9(6,7)4-1-2-8-3-4;;/h1-3H,(H2,5,6,7);;/q;+1;-1. The number of sulfonamides is 1. The minimum atomic E-state index is -3.45. The maximum absolute atomic E-state index is 10.5. The van der Waals surface area contributed by atoms with Crippen molar-refractivity contribution < 1.29 is 39.4 Å². The average Bonchev–Trinajstić information content (AvgIpc) is 2.08. The zero-order valence-electron chi connectivity index (χ0n) is 6.44. The van der Waals surface area contributed by atoms with Crippen LogP contribution in [0.3, 0.4) is 0 Å². The molecule has 0 radical (unpaired) electrons. The molecule has 1 aromatic rings. The third kappa shape index (κ3) is 2.69. The first-order valence-electron chi connectivity index (χ1n) is 2.16. The summed E-state index contributed by atoms with van der Waals surface area (Å²) in [5, 5.41) is 7.94. The van der Waals surface area contributed by atoms with Crippen LogP contribution in [0, 0.1) is 0 Å². The summed E-state index contributed by atoms with van der Waals surface area (Å²) in [6.45, 7) is 0. The summed E-state index contributed by atoms with van der Waals surface area (Å²) in [6.07, 6.45) is 0. The molecule has 0 saturated carbocycles. The van der Waals surface area contributed by atoms with E-state index in [1.54, 1.807) is 5.38 Å². The zero-order chi connectivity index (χ0) is 6.91. The first-order valence-corrected chi connectivity index (χ1v) is 4.64. The number of thiophene rings is 1. The van der Waals surface area contributed by atoms with Crippen molar-refractivity contribution in [1.29, 1.82) is 0 Å². The molecule has 2 N–H and O–H groups in total. The summed E-state index contributed by atoms with van der Waals surface area (Å²) in [6, 6.07) is 1.47. The van der Waals surface area contributed by atoms with Crippen molar-refractivity contribution in [1.82, 2.24) is 0 Å². The molecule has 0 aliphatic rings. The number of hydrogen-bond donors (Lipinski definition) is 1. The van der Waals surface area contributed by atoms with Crippen molar-refractivity contribution in [3.05, 3.63) is 16.8 Å². The molecule has 1 heterocycles. The first-order chi connectivity index (χ1) is 4.11. The Labute approximate surface area is 87.1 Å². The Morgan fingerprint density at radius 2 is 2.20 bits per heavy atom. The molecular formula is C4H6NNaO2S2. The minimum Gasteiger partial charge on any atom is -1.00 e. The quantitative estimate of drug-likeness (QED) is 0.495. The van der Waals surface area contributed by atoms with Gasteiger partial charge < -0.3 is 1.43 Å². The van der Waals surface area contributed by atoms with Crippen molar-refractivity contribution >= 4 is 21.4 Å². The Morgan fingerprint density at radius 1 is 1.60 bits per heavy atom. The van der Waals surface area contributed by atoms with E-state index in [9.17, 15) is 8.42 Å². The van der Waals surface area contributed by atoms with Crippen molar-refractivity contribution in [2.45, 2.75) is 4.90 Å². The Hall–Kier alpha value is 0.610. The number of rotatable bonds is 1. The van der Waals surface area contributed by atoms with Crippen LogP contribution in [0.1, 0.15) is 1.43 Å². The molecule has 0 saturated heterocycles. The fourth-order valence-corrected chi connectivity index (χ4v) is 1.98. The van der Waals surface area contributed by atoms with Gasteiger partial charge in [0.1, 0.15) is 0 Å². The second kappa shape index (κ2) is 3.85. The summed E-state index contributed by atoms with van der Waals surface area (Å²) >= 11 is 1.31. The molecule has 1 aromatic heterocycles. The first kappa shape index (κ1) is 10.6. The van der Waals surface area contributed by atoms with Crippen molar-refractivity contribution in [2.75, 3.05) is 0 Å². The van der Waals surface area contributed by atoms with Crippen LogP contribution in [0.2, 0.25) is 0 Å². The van der Waals surface area contributed by atoms with Crippen LogP contribution in [0.15, 0.2) is 21.7 Å². The molecule has 0 fully saturated rings. The molecule has 1 rings (SSSR count). The summed E-state index contributed by atoms with van der Waals surface area (Å²) in [7, 11) is -3.45. The second-order valence-electron chi connectivity index (χ2n) is 1.50. The molecule has 0 unspecified atom stereocenters. The summed E-state index contributed by atoms with van der Waals surface area (Å²) in [5.74, 6) is 0. The van der Waals surface area contributed by atoms with Crippen LogP contribution in [0.4, 0.5) is 0 Å². The maximum Gasteiger partial charge on any atom is 1.00 e. The smallest absolute Gasteiger partial charge is 1.00 e. The van der Waals surface area contributed by atoms with Crippen LogP contribution < -0.4 is 34.7 Å². The predicted molar refractivity (Wildman–Crippen MR) is 36.8 cm³/mol. The summed E-state index contributed by atoms with van der Waals surface area (Å²) < 4.78 is 21.0.